The molecule has 1 aliphatic heterocycles. The lowest BCUT2D eigenvalue weighted by Crippen LogP contribution is -2.19. The summed E-state index contributed by atoms with van der Waals surface area (Å²) in [7, 11) is 0. The highest BCUT2D eigenvalue weighted by Crippen LogP contribution is 2.35. The van der Waals surface area contributed by atoms with E-state index in [2.05, 4.69) is 60.4 Å². The fourth-order valence-electron chi connectivity index (χ4n) is 2.93. The molecule has 0 radical (unpaired) electrons. The maximum atomic E-state index is 2.52. The zero-order valence-electron chi connectivity index (χ0n) is 11.6. The number of para-hydroxylation sites is 2. The third kappa shape index (κ3) is 2.37. The van der Waals surface area contributed by atoms with Gasteiger partial charge in [-0.1, -0.05) is 49.7 Å². The van der Waals surface area contributed by atoms with Gasteiger partial charge in [-0.15, -0.1) is 0 Å². The number of unbranched alkanes of at least 4 members (excludes halogenated alkanes) is 1. The van der Waals surface area contributed by atoms with Crippen molar-refractivity contribution in [3.05, 3.63) is 59.7 Å². The zero-order valence-corrected chi connectivity index (χ0v) is 11.6. The van der Waals surface area contributed by atoms with E-state index in [0.29, 0.717) is 0 Å². The first-order valence-electron chi connectivity index (χ1n) is 7.33. The second kappa shape index (κ2) is 5.48. The van der Waals surface area contributed by atoms with Crippen molar-refractivity contribution in [3.63, 3.8) is 0 Å². The van der Waals surface area contributed by atoms with Crippen LogP contribution < -0.4 is 4.90 Å². The van der Waals surface area contributed by atoms with Crippen molar-refractivity contribution >= 4 is 11.4 Å². The van der Waals surface area contributed by atoms with E-state index in [0.717, 1.165) is 19.4 Å². The van der Waals surface area contributed by atoms with Gasteiger partial charge in [-0.05, 0) is 42.5 Å². The van der Waals surface area contributed by atoms with Crippen LogP contribution in [0.3, 0.4) is 0 Å². The van der Waals surface area contributed by atoms with Crippen LogP contribution in [0.2, 0.25) is 0 Å². The van der Waals surface area contributed by atoms with Gasteiger partial charge in [0.25, 0.3) is 0 Å². The van der Waals surface area contributed by atoms with Crippen LogP contribution in [0.5, 0.6) is 0 Å². The summed E-state index contributed by atoms with van der Waals surface area (Å²) in [5, 5.41) is 0. The predicted molar refractivity (Wildman–Crippen MR) is 82.2 cm³/mol. The van der Waals surface area contributed by atoms with Gasteiger partial charge < -0.3 is 4.90 Å². The summed E-state index contributed by atoms with van der Waals surface area (Å²) in [5.41, 5.74) is 5.77. The minimum absolute atomic E-state index is 1.12. The van der Waals surface area contributed by atoms with Crippen molar-refractivity contribution in [2.75, 3.05) is 11.4 Å². The summed E-state index contributed by atoms with van der Waals surface area (Å²) in [6.45, 7) is 3.38. The van der Waals surface area contributed by atoms with E-state index in [-0.39, 0.29) is 0 Å². The summed E-state index contributed by atoms with van der Waals surface area (Å²) >= 11 is 0. The average molecular weight is 251 g/mol. The van der Waals surface area contributed by atoms with Gasteiger partial charge in [0.05, 0.1) is 0 Å². The second-order valence-corrected chi connectivity index (χ2v) is 5.26. The SMILES string of the molecule is CCCCN1c2ccccc2CCc2ccccc21. The first-order valence-corrected chi connectivity index (χ1v) is 7.33. The normalized spacial score (nSPS) is 13.6. The molecule has 2 aromatic carbocycles. The van der Waals surface area contributed by atoms with Crippen molar-refractivity contribution in [1.82, 2.24) is 0 Å². The Balaban J connectivity index is 2.08. The third-order valence-corrected chi connectivity index (χ3v) is 3.96. The lowest BCUT2D eigenvalue weighted by molar-refractivity contribution is 0.785. The van der Waals surface area contributed by atoms with Crippen molar-refractivity contribution in [1.29, 1.82) is 0 Å². The van der Waals surface area contributed by atoms with Crippen LogP contribution in [-0.4, -0.2) is 6.54 Å². The Bertz CT molecular complexity index is 512. The van der Waals surface area contributed by atoms with Crippen LogP contribution in [0.4, 0.5) is 11.4 Å². The molecule has 0 aliphatic carbocycles. The van der Waals surface area contributed by atoms with E-state index < -0.39 is 0 Å². The number of nitrogens with zero attached hydrogens (tertiary/aromatic N) is 1. The molecule has 1 nitrogen and oxygen atoms in total. The number of hydrogen-bond acceptors (Lipinski definition) is 1. The monoisotopic (exact) mass is 251 g/mol. The second-order valence-electron chi connectivity index (χ2n) is 5.26. The van der Waals surface area contributed by atoms with Gasteiger partial charge in [-0.2, -0.15) is 0 Å². The highest BCUT2D eigenvalue weighted by atomic mass is 15.1. The van der Waals surface area contributed by atoms with E-state index in [1.165, 1.54) is 35.3 Å². The van der Waals surface area contributed by atoms with Gasteiger partial charge in [0.15, 0.2) is 0 Å². The standard InChI is InChI=1S/C18H21N/c1-2-3-14-19-17-10-6-4-8-15(17)12-13-16-9-5-7-11-18(16)19/h4-11H,2-3,12-14H2,1H3. The molecule has 98 valence electrons. The molecule has 0 unspecified atom stereocenters. The number of hydrogen-bond donors (Lipinski definition) is 0. The van der Waals surface area contributed by atoms with E-state index in [4.69, 9.17) is 0 Å². The first kappa shape index (κ1) is 12.3. The summed E-state index contributed by atoms with van der Waals surface area (Å²) in [6.07, 6.45) is 4.77. The molecule has 0 saturated heterocycles. The quantitative estimate of drug-likeness (QED) is 0.762. The molecule has 1 heterocycles. The molecule has 3 rings (SSSR count). The highest BCUT2D eigenvalue weighted by molar-refractivity contribution is 5.71. The number of benzene rings is 2. The fourth-order valence-corrected chi connectivity index (χ4v) is 2.93. The Morgan fingerprint density at radius 1 is 0.842 bits per heavy atom. The predicted octanol–water partition coefficient (Wildman–Crippen LogP) is 4.72. The molecular weight excluding hydrogens is 230 g/mol. The molecule has 0 fully saturated rings. The van der Waals surface area contributed by atoms with Gasteiger partial charge in [0.2, 0.25) is 0 Å². The smallest absolute Gasteiger partial charge is 0.0443 e. The molecule has 0 aromatic heterocycles. The zero-order chi connectivity index (χ0) is 13.1. The Hall–Kier alpha value is -1.76. The number of anilines is 2. The summed E-state index contributed by atoms with van der Waals surface area (Å²) < 4.78 is 0. The molecular formula is C18H21N. The van der Waals surface area contributed by atoms with E-state index >= 15 is 0 Å². The first-order chi connectivity index (χ1) is 9.40. The molecule has 0 bridgehead atoms. The minimum Gasteiger partial charge on any atom is -0.341 e. The maximum absolute atomic E-state index is 2.52. The van der Waals surface area contributed by atoms with Gasteiger partial charge in [-0.25, -0.2) is 0 Å². The molecule has 0 N–H and O–H groups in total. The van der Waals surface area contributed by atoms with Crippen LogP contribution in [0.15, 0.2) is 48.5 Å². The van der Waals surface area contributed by atoms with Crippen molar-refractivity contribution in [2.45, 2.75) is 32.6 Å². The Labute approximate surface area is 115 Å². The molecule has 1 aliphatic rings. The van der Waals surface area contributed by atoms with Crippen LogP contribution in [0, 0.1) is 0 Å². The molecule has 2 aromatic rings. The van der Waals surface area contributed by atoms with E-state index in [9.17, 15) is 0 Å². The maximum Gasteiger partial charge on any atom is 0.0443 e. The molecule has 0 amide bonds. The summed E-state index contributed by atoms with van der Waals surface area (Å²) in [5.74, 6) is 0. The highest BCUT2D eigenvalue weighted by Gasteiger charge is 2.19. The van der Waals surface area contributed by atoms with E-state index in [1.54, 1.807) is 0 Å². The van der Waals surface area contributed by atoms with Gasteiger partial charge in [0.1, 0.15) is 0 Å². The molecule has 1 heteroatoms. The largest absolute Gasteiger partial charge is 0.341 e. The van der Waals surface area contributed by atoms with Gasteiger partial charge in [0, 0.05) is 17.9 Å². The lowest BCUT2D eigenvalue weighted by Gasteiger charge is -2.26. The Kier molecular flexibility index (Phi) is 3.54. The third-order valence-electron chi connectivity index (χ3n) is 3.96. The average Bonchev–Trinajstić information content (AvgIpc) is 2.62. The summed E-state index contributed by atoms with van der Waals surface area (Å²) in [4.78, 5) is 2.52. The van der Waals surface area contributed by atoms with Gasteiger partial charge >= 0.3 is 0 Å². The minimum atomic E-state index is 1.12. The fraction of sp³-hybridized carbons (Fsp3) is 0.333. The van der Waals surface area contributed by atoms with Crippen LogP contribution in [-0.2, 0) is 12.8 Å². The van der Waals surface area contributed by atoms with Crippen LogP contribution in [0.1, 0.15) is 30.9 Å². The molecule has 19 heavy (non-hydrogen) atoms. The molecule has 0 spiro atoms. The van der Waals surface area contributed by atoms with Crippen LogP contribution >= 0.6 is 0 Å². The topological polar surface area (TPSA) is 3.24 Å². The summed E-state index contributed by atoms with van der Waals surface area (Å²) in [6, 6.07) is 17.7. The van der Waals surface area contributed by atoms with Gasteiger partial charge in [-0.3, -0.25) is 0 Å². The number of aryl methyl sites for hydroxylation is 2. The number of fused-ring (bicyclic) bond motifs is 2. The van der Waals surface area contributed by atoms with Crippen molar-refractivity contribution in [2.24, 2.45) is 0 Å². The molecule has 0 saturated carbocycles. The van der Waals surface area contributed by atoms with E-state index in [1.807, 2.05) is 0 Å². The Morgan fingerprint density at radius 2 is 1.37 bits per heavy atom. The lowest BCUT2D eigenvalue weighted by atomic mass is 10.0. The van der Waals surface area contributed by atoms with Crippen molar-refractivity contribution in [3.8, 4) is 0 Å². The van der Waals surface area contributed by atoms with Crippen LogP contribution in [0.25, 0.3) is 0 Å². The Morgan fingerprint density at radius 3 is 1.89 bits per heavy atom. The number of rotatable bonds is 3. The van der Waals surface area contributed by atoms with Crippen molar-refractivity contribution < 1.29 is 0 Å². The molecule has 0 atom stereocenters.